The maximum atomic E-state index is 8.76. The molecule has 0 aliphatic carbocycles. The lowest BCUT2D eigenvalue weighted by Crippen LogP contribution is -2.25. The molecule has 172 valence electrons. The number of ether oxygens (including phenoxy) is 1. The van der Waals surface area contributed by atoms with E-state index in [1.807, 2.05) is 73.9 Å². The Labute approximate surface area is 199 Å². The zero-order chi connectivity index (χ0) is 23.6. The molecule has 33 heavy (non-hydrogen) atoms. The van der Waals surface area contributed by atoms with E-state index in [9.17, 15) is 0 Å². The van der Waals surface area contributed by atoms with Crippen LogP contribution in [0.2, 0.25) is 0 Å². The average molecular weight is 463 g/mol. The first-order chi connectivity index (χ1) is 16.1. The fourth-order valence-electron chi connectivity index (χ4n) is 3.45. The molecule has 1 aliphatic rings. The van der Waals surface area contributed by atoms with Gasteiger partial charge in [0.25, 0.3) is 0 Å². The zero-order valence-corrected chi connectivity index (χ0v) is 19.8. The van der Waals surface area contributed by atoms with Crippen LogP contribution in [0.5, 0.6) is 11.5 Å². The minimum Gasteiger partial charge on any atom is -0.457 e. The first-order valence-electron chi connectivity index (χ1n) is 11.0. The molecule has 1 fully saturated rings. The summed E-state index contributed by atoms with van der Waals surface area (Å²) in [6.07, 6.45) is 2.40. The number of anilines is 2. The molecule has 4 N–H and O–H groups in total. The van der Waals surface area contributed by atoms with Crippen molar-refractivity contribution in [2.45, 2.75) is 26.3 Å². The van der Waals surface area contributed by atoms with Crippen LogP contribution in [0.25, 0.3) is 0 Å². The van der Waals surface area contributed by atoms with Crippen LogP contribution in [0, 0.1) is 5.41 Å². The monoisotopic (exact) mass is 462 g/mol. The number of benzene rings is 2. The van der Waals surface area contributed by atoms with Crippen LogP contribution in [-0.4, -0.2) is 39.1 Å². The molecule has 0 radical (unpaired) electrons. The maximum Gasteiger partial charge on any atom is 0.141 e. The number of nitrogens with one attached hydrogen (secondary N) is 2. The molecule has 0 amide bonds. The summed E-state index contributed by atoms with van der Waals surface area (Å²) < 4.78 is 8.08. The number of aromatic nitrogens is 2. The molecule has 1 aromatic heterocycles. The Bertz CT molecular complexity index is 1060. The standard InChI is InChI=1S/C23H24N6OS.C2H6/c1-2-31-29-13-12-17(14-29)28-23-20(22(25)26-15-27-23)21(24)16-8-10-19(11-9-16)30-18-6-4-3-5-7-18;1-2/h2-11,15,17,24H,1,12-14H2,(H3,25,26,27,28);1-2H3. The summed E-state index contributed by atoms with van der Waals surface area (Å²) in [6, 6.07) is 17.2. The SMILES string of the molecule is C=CSN1CCC(Nc2ncnc(N)c2C(=N)c2ccc(Oc3ccccc3)cc2)C1.CC. The Hall–Kier alpha value is -3.36. The Kier molecular flexibility index (Phi) is 8.86. The third-order valence-electron chi connectivity index (χ3n) is 4.96. The van der Waals surface area contributed by atoms with E-state index >= 15 is 0 Å². The van der Waals surface area contributed by atoms with E-state index in [0.717, 1.165) is 25.3 Å². The van der Waals surface area contributed by atoms with Crippen molar-refractivity contribution in [1.82, 2.24) is 14.3 Å². The Morgan fingerprint density at radius 3 is 2.55 bits per heavy atom. The lowest BCUT2D eigenvalue weighted by Gasteiger charge is -2.18. The first-order valence-corrected chi connectivity index (χ1v) is 11.8. The number of nitrogens with zero attached hydrogens (tertiary/aromatic N) is 3. The summed E-state index contributed by atoms with van der Waals surface area (Å²) in [5.74, 6) is 2.32. The van der Waals surface area contributed by atoms with Crippen LogP contribution in [-0.2, 0) is 0 Å². The third kappa shape index (κ3) is 6.34. The quantitative estimate of drug-likeness (QED) is 0.297. The lowest BCUT2D eigenvalue weighted by molar-refractivity contribution is 0.482. The molecule has 3 aromatic rings. The molecule has 0 bridgehead atoms. The van der Waals surface area contributed by atoms with Gasteiger partial charge < -0.3 is 15.8 Å². The first kappa shape index (κ1) is 24.3. The number of rotatable bonds is 8. The van der Waals surface area contributed by atoms with Crippen molar-refractivity contribution in [1.29, 1.82) is 5.41 Å². The third-order valence-corrected chi connectivity index (χ3v) is 5.74. The molecule has 0 spiro atoms. The molecule has 0 saturated carbocycles. The van der Waals surface area contributed by atoms with E-state index in [1.165, 1.54) is 6.33 Å². The highest BCUT2D eigenvalue weighted by atomic mass is 32.2. The van der Waals surface area contributed by atoms with E-state index < -0.39 is 0 Å². The minimum absolute atomic E-state index is 0.218. The molecule has 1 saturated heterocycles. The van der Waals surface area contributed by atoms with Gasteiger partial charge >= 0.3 is 0 Å². The largest absolute Gasteiger partial charge is 0.457 e. The van der Waals surface area contributed by atoms with E-state index in [0.29, 0.717) is 22.7 Å². The molecule has 2 heterocycles. The van der Waals surface area contributed by atoms with Gasteiger partial charge in [-0.1, -0.05) is 50.6 Å². The Balaban J connectivity index is 0.00000149. The van der Waals surface area contributed by atoms with E-state index in [-0.39, 0.29) is 17.6 Å². The highest BCUT2D eigenvalue weighted by Crippen LogP contribution is 2.27. The van der Waals surface area contributed by atoms with Gasteiger partial charge in [0.15, 0.2) is 0 Å². The van der Waals surface area contributed by atoms with Crippen molar-refractivity contribution < 1.29 is 4.74 Å². The average Bonchev–Trinajstić information content (AvgIpc) is 3.28. The summed E-state index contributed by atoms with van der Waals surface area (Å²) in [7, 11) is 0. The van der Waals surface area contributed by atoms with Gasteiger partial charge in [-0.05, 0) is 48.2 Å². The normalized spacial score (nSPS) is 15.3. The maximum absolute atomic E-state index is 8.76. The molecular formula is C25H30N6OS. The van der Waals surface area contributed by atoms with Gasteiger partial charge in [-0.25, -0.2) is 14.3 Å². The van der Waals surface area contributed by atoms with Crippen LogP contribution in [0.15, 0.2) is 72.9 Å². The van der Waals surface area contributed by atoms with Crippen molar-refractivity contribution in [3.63, 3.8) is 0 Å². The van der Waals surface area contributed by atoms with Crippen LogP contribution in [0.3, 0.4) is 0 Å². The molecule has 7 nitrogen and oxygen atoms in total. The Morgan fingerprint density at radius 2 is 1.85 bits per heavy atom. The summed E-state index contributed by atoms with van der Waals surface area (Å²) in [5, 5.41) is 14.0. The summed E-state index contributed by atoms with van der Waals surface area (Å²) in [4.78, 5) is 8.49. The van der Waals surface area contributed by atoms with Gasteiger partial charge in [0.1, 0.15) is 29.5 Å². The number of para-hydroxylation sites is 1. The summed E-state index contributed by atoms with van der Waals surface area (Å²) >= 11 is 1.61. The molecule has 2 aromatic carbocycles. The molecule has 1 atom stereocenters. The van der Waals surface area contributed by atoms with Crippen molar-refractivity contribution in [3.05, 3.63) is 84.0 Å². The number of hydrogen-bond donors (Lipinski definition) is 3. The van der Waals surface area contributed by atoms with Crippen molar-refractivity contribution >= 4 is 29.3 Å². The van der Waals surface area contributed by atoms with Gasteiger partial charge in [0, 0.05) is 24.7 Å². The van der Waals surface area contributed by atoms with E-state index in [4.69, 9.17) is 15.9 Å². The topological polar surface area (TPSA) is 100 Å². The van der Waals surface area contributed by atoms with E-state index in [1.54, 1.807) is 11.9 Å². The fraction of sp³-hybridized carbons (Fsp3) is 0.240. The molecule has 8 heteroatoms. The molecule has 1 unspecified atom stereocenters. The molecular weight excluding hydrogens is 432 g/mol. The second-order valence-corrected chi connectivity index (χ2v) is 8.15. The van der Waals surface area contributed by atoms with Crippen LogP contribution in [0.4, 0.5) is 11.6 Å². The van der Waals surface area contributed by atoms with Crippen molar-refractivity contribution in [2.24, 2.45) is 0 Å². The van der Waals surface area contributed by atoms with Crippen LogP contribution >= 0.6 is 11.9 Å². The van der Waals surface area contributed by atoms with Crippen LogP contribution in [0.1, 0.15) is 31.4 Å². The number of nitrogen functional groups attached to an aromatic ring is 1. The number of nitrogens with two attached hydrogens (primary N) is 1. The zero-order valence-electron chi connectivity index (χ0n) is 19.0. The highest BCUT2D eigenvalue weighted by molar-refractivity contribution is 7.99. The molecule has 1 aliphatic heterocycles. The highest BCUT2D eigenvalue weighted by Gasteiger charge is 2.25. The summed E-state index contributed by atoms with van der Waals surface area (Å²) in [5.41, 5.74) is 7.64. The van der Waals surface area contributed by atoms with Gasteiger partial charge in [-0.15, -0.1) is 0 Å². The smallest absolute Gasteiger partial charge is 0.141 e. The van der Waals surface area contributed by atoms with Gasteiger partial charge in [0.2, 0.25) is 0 Å². The minimum atomic E-state index is 0.218. The Morgan fingerprint density at radius 1 is 1.15 bits per heavy atom. The predicted molar refractivity (Wildman–Crippen MR) is 138 cm³/mol. The lowest BCUT2D eigenvalue weighted by atomic mass is 10.0. The second-order valence-electron chi connectivity index (χ2n) is 7.09. The van der Waals surface area contributed by atoms with Gasteiger partial charge in [0.05, 0.1) is 11.3 Å². The van der Waals surface area contributed by atoms with Crippen molar-refractivity contribution in [3.8, 4) is 11.5 Å². The number of hydrogen-bond acceptors (Lipinski definition) is 8. The molecule has 4 rings (SSSR count). The van der Waals surface area contributed by atoms with Crippen LogP contribution < -0.4 is 15.8 Å². The van der Waals surface area contributed by atoms with Gasteiger partial charge in [-0.2, -0.15) is 0 Å². The van der Waals surface area contributed by atoms with E-state index in [2.05, 4.69) is 26.2 Å². The second kappa shape index (κ2) is 12.0. The summed E-state index contributed by atoms with van der Waals surface area (Å²) in [6.45, 7) is 9.59. The fourth-order valence-corrected chi connectivity index (χ4v) is 4.14. The van der Waals surface area contributed by atoms with Gasteiger partial charge in [-0.3, -0.25) is 5.41 Å². The predicted octanol–water partition coefficient (Wildman–Crippen LogP) is 5.57. The van der Waals surface area contributed by atoms with Crippen molar-refractivity contribution in [2.75, 3.05) is 24.1 Å².